The summed E-state index contributed by atoms with van der Waals surface area (Å²) in [6.07, 6.45) is 0. The molecule has 1 saturated heterocycles. The average Bonchev–Trinajstić information content (AvgIpc) is 2.59. The summed E-state index contributed by atoms with van der Waals surface area (Å²) in [5.74, 6) is -0.0322. The molecular weight excluding hydrogens is 328 g/mol. The highest BCUT2D eigenvalue weighted by molar-refractivity contribution is 5.98. The van der Waals surface area contributed by atoms with Crippen LogP contribution in [0.4, 0.5) is 10.5 Å². The molecule has 144 valence electrons. The normalized spacial score (nSPS) is 21.0. The largest absolute Gasteiger partial charge is 0.339 e. The molecule has 0 bridgehead atoms. The van der Waals surface area contributed by atoms with E-state index in [0.717, 1.165) is 12.1 Å². The number of hydrogen-bond acceptors (Lipinski definition) is 3. The molecule has 1 aromatic carbocycles. The monoisotopic (exact) mass is 360 g/mol. The summed E-state index contributed by atoms with van der Waals surface area (Å²) in [5.41, 5.74) is 2.18. The van der Waals surface area contributed by atoms with E-state index in [1.165, 1.54) is 0 Å². The van der Waals surface area contributed by atoms with Gasteiger partial charge in [-0.1, -0.05) is 6.07 Å². The molecule has 2 rings (SSSR count). The maximum absolute atomic E-state index is 12.7. The lowest BCUT2D eigenvalue weighted by molar-refractivity contribution is 0.0753. The van der Waals surface area contributed by atoms with Crippen molar-refractivity contribution in [1.29, 1.82) is 0 Å². The molecular formula is C20H32N4O2. The third kappa shape index (κ3) is 4.18. The van der Waals surface area contributed by atoms with Crippen molar-refractivity contribution in [3.63, 3.8) is 0 Å². The van der Waals surface area contributed by atoms with Gasteiger partial charge in [0.25, 0.3) is 5.91 Å². The molecule has 3 amide bonds. The van der Waals surface area contributed by atoms with Gasteiger partial charge in [-0.15, -0.1) is 0 Å². The van der Waals surface area contributed by atoms with Crippen molar-refractivity contribution in [1.82, 2.24) is 14.7 Å². The van der Waals surface area contributed by atoms with Crippen molar-refractivity contribution in [2.24, 2.45) is 0 Å². The summed E-state index contributed by atoms with van der Waals surface area (Å²) in [6.45, 7) is 11.6. The molecule has 0 spiro atoms. The first-order valence-electron chi connectivity index (χ1n) is 9.29. The van der Waals surface area contributed by atoms with Gasteiger partial charge in [-0.25, -0.2) is 4.79 Å². The summed E-state index contributed by atoms with van der Waals surface area (Å²) in [5, 5.41) is 2.97. The Labute approximate surface area is 157 Å². The number of anilines is 1. The molecule has 1 aliphatic rings. The van der Waals surface area contributed by atoms with E-state index in [4.69, 9.17) is 0 Å². The van der Waals surface area contributed by atoms with Crippen molar-refractivity contribution in [3.05, 3.63) is 29.3 Å². The van der Waals surface area contributed by atoms with Gasteiger partial charge in [0.1, 0.15) is 0 Å². The minimum Gasteiger partial charge on any atom is -0.339 e. The third-order valence-corrected chi connectivity index (χ3v) is 5.65. The molecule has 1 fully saturated rings. The van der Waals surface area contributed by atoms with Gasteiger partial charge >= 0.3 is 6.03 Å². The van der Waals surface area contributed by atoms with Gasteiger partial charge in [-0.3, -0.25) is 9.69 Å². The molecule has 0 aromatic heterocycles. The zero-order chi connectivity index (χ0) is 19.6. The highest BCUT2D eigenvalue weighted by Gasteiger charge is 2.31. The quantitative estimate of drug-likeness (QED) is 0.901. The molecule has 0 aliphatic carbocycles. The molecule has 6 heteroatoms. The van der Waals surface area contributed by atoms with E-state index in [-0.39, 0.29) is 24.0 Å². The molecule has 1 aromatic rings. The maximum atomic E-state index is 12.7. The zero-order valence-corrected chi connectivity index (χ0v) is 17.0. The van der Waals surface area contributed by atoms with Crippen LogP contribution in [0.1, 0.15) is 43.6 Å². The average molecular weight is 361 g/mol. The lowest BCUT2D eigenvalue weighted by Crippen LogP contribution is -2.58. The smallest absolute Gasteiger partial charge is 0.322 e. The zero-order valence-electron chi connectivity index (χ0n) is 17.0. The fraction of sp³-hybridized carbons (Fsp3) is 0.600. The molecule has 2 unspecified atom stereocenters. The first kappa shape index (κ1) is 20.2. The molecule has 2 atom stereocenters. The molecule has 1 aliphatic heterocycles. The van der Waals surface area contributed by atoms with Gasteiger partial charge in [0.2, 0.25) is 0 Å². The van der Waals surface area contributed by atoms with Crippen LogP contribution in [0.15, 0.2) is 18.2 Å². The van der Waals surface area contributed by atoms with Crippen LogP contribution in [0.2, 0.25) is 0 Å². The van der Waals surface area contributed by atoms with Crippen LogP contribution in [0.25, 0.3) is 0 Å². The van der Waals surface area contributed by atoms with Crippen LogP contribution in [-0.4, -0.2) is 71.9 Å². The van der Waals surface area contributed by atoms with Gasteiger partial charge in [-0.2, -0.15) is 0 Å². The number of rotatable bonds is 3. The number of aryl methyl sites for hydroxylation is 1. The number of hydrogen-bond donors (Lipinski definition) is 1. The second kappa shape index (κ2) is 8.08. The summed E-state index contributed by atoms with van der Waals surface area (Å²) in [7, 11) is 3.88. The number of carbonyl (C=O) groups excluding carboxylic acids is 2. The summed E-state index contributed by atoms with van der Waals surface area (Å²) in [6, 6.07) is 5.95. The molecule has 26 heavy (non-hydrogen) atoms. The van der Waals surface area contributed by atoms with Crippen molar-refractivity contribution in [3.8, 4) is 0 Å². The van der Waals surface area contributed by atoms with Crippen LogP contribution in [0, 0.1) is 6.92 Å². The second-order valence-corrected chi connectivity index (χ2v) is 7.62. The van der Waals surface area contributed by atoms with Gasteiger partial charge in [0.15, 0.2) is 0 Å². The van der Waals surface area contributed by atoms with Crippen molar-refractivity contribution in [2.75, 3.05) is 32.5 Å². The van der Waals surface area contributed by atoms with E-state index < -0.39 is 0 Å². The predicted octanol–water partition coefficient (Wildman–Crippen LogP) is 3.03. The molecule has 0 saturated carbocycles. The first-order chi connectivity index (χ1) is 12.1. The molecule has 0 radical (unpaired) electrons. The van der Waals surface area contributed by atoms with E-state index in [0.29, 0.717) is 23.8 Å². The van der Waals surface area contributed by atoms with E-state index in [1.807, 2.05) is 37.8 Å². The minimum atomic E-state index is -0.114. The lowest BCUT2D eigenvalue weighted by atomic mass is 10.1. The number of amides is 3. The van der Waals surface area contributed by atoms with Gasteiger partial charge in [0.05, 0.1) is 0 Å². The number of benzene rings is 1. The van der Waals surface area contributed by atoms with Gasteiger partial charge in [0, 0.05) is 49.5 Å². The Kier molecular flexibility index (Phi) is 6.29. The number of nitrogens with one attached hydrogen (secondary N) is 1. The Morgan fingerprint density at radius 2 is 1.85 bits per heavy atom. The standard InChI is InChI=1S/C20H32N4O2/c1-13(2)23(7)19(25)18-12-17(9-8-14(18)3)21-20(26)24-11-10-22(6)15(4)16(24)5/h8-9,12-13,15-16H,10-11H2,1-7H3,(H,21,26). The summed E-state index contributed by atoms with van der Waals surface area (Å²) < 4.78 is 0. The summed E-state index contributed by atoms with van der Waals surface area (Å²) >= 11 is 0. The number of nitrogens with zero attached hydrogens (tertiary/aromatic N) is 3. The topological polar surface area (TPSA) is 55.9 Å². The number of carbonyl (C=O) groups is 2. The van der Waals surface area contributed by atoms with Crippen LogP contribution < -0.4 is 5.32 Å². The number of piperazine rings is 1. The fourth-order valence-electron chi connectivity index (χ4n) is 3.14. The van der Waals surface area contributed by atoms with E-state index >= 15 is 0 Å². The van der Waals surface area contributed by atoms with Crippen LogP contribution in [-0.2, 0) is 0 Å². The molecule has 6 nitrogen and oxygen atoms in total. The molecule has 1 heterocycles. The first-order valence-corrected chi connectivity index (χ1v) is 9.29. The van der Waals surface area contributed by atoms with Crippen molar-refractivity contribution in [2.45, 2.75) is 52.7 Å². The summed E-state index contributed by atoms with van der Waals surface area (Å²) in [4.78, 5) is 31.3. The van der Waals surface area contributed by atoms with Crippen LogP contribution >= 0.6 is 0 Å². The highest BCUT2D eigenvalue weighted by Crippen LogP contribution is 2.20. The van der Waals surface area contributed by atoms with Gasteiger partial charge < -0.3 is 15.1 Å². The third-order valence-electron chi connectivity index (χ3n) is 5.65. The Balaban J connectivity index is 2.16. The van der Waals surface area contributed by atoms with E-state index in [1.54, 1.807) is 18.0 Å². The van der Waals surface area contributed by atoms with Gasteiger partial charge in [-0.05, 0) is 59.4 Å². The predicted molar refractivity (Wildman–Crippen MR) is 106 cm³/mol. The Morgan fingerprint density at radius 1 is 1.19 bits per heavy atom. The van der Waals surface area contributed by atoms with Crippen molar-refractivity contribution >= 4 is 17.6 Å². The van der Waals surface area contributed by atoms with Crippen molar-refractivity contribution < 1.29 is 9.59 Å². The van der Waals surface area contributed by atoms with E-state index in [9.17, 15) is 9.59 Å². The fourth-order valence-corrected chi connectivity index (χ4v) is 3.14. The van der Waals surface area contributed by atoms with E-state index in [2.05, 4.69) is 31.1 Å². The van der Waals surface area contributed by atoms with Crippen LogP contribution in [0.5, 0.6) is 0 Å². The minimum absolute atomic E-state index is 0.0322. The number of likely N-dealkylation sites (N-methyl/N-ethyl adjacent to an activating group) is 1. The number of urea groups is 1. The Morgan fingerprint density at radius 3 is 2.46 bits per heavy atom. The second-order valence-electron chi connectivity index (χ2n) is 7.62. The maximum Gasteiger partial charge on any atom is 0.322 e. The lowest BCUT2D eigenvalue weighted by Gasteiger charge is -2.43. The molecule has 1 N–H and O–H groups in total. The Bertz CT molecular complexity index is 674. The highest BCUT2D eigenvalue weighted by atomic mass is 16.2. The van der Waals surface area contributed by atoms with Crippen LogP contribution in [0.3, 0.4) is 0 Å². The SMILES string of the molecule is Cc1ccc(NC(=O)N2CCN(C)C(C)C2C)cc1C(=O)N(C)C(C)C. The Hall–Kier alpha value is -2.08.